The number of para-hydroxylation sites is 2. The maximum absolute atomic E-state index is 11.5. The van der Waals surface area contributed by atoms with Crippen molar-refractivity contribution in [3.63, 3.8) is 0 Å². The van der Waals surface area contributed by atoms with Crippen LogP contribution in [0, 0.1) is 0 Å². The van der Waals surface area contributed by atoms with E-state index >= 15 is 0 Å². The van der Waals surface area contributed by atoms with Crippen LogP contribution in [-0.2, 0) is 0 Å². The summed E-state index contributed by atoms with van der Waals surface area (Å²) >= 11 is 0. The lowest BCUT2D eigenvalue weighted by molar-refractivity contribution is 0.213. The van der Waals surface area contributed by atoms with E-state index < -0.39 is 0 Å². The van der Waals surface area contributed by atoms with Crippen molar-refractivity contribution in [2.75, 3.05) is 13.3 Å². The minimum atomic E-state index is -0.271. The molecule has 1 rings (SSSR count). The third-order valence-electron chi connectivity index (χ3n) is 2.10. The number of carbonyl (C=O) groups is 1. The predicted molar refractivity (Wildman–Crippen MR) is 74.5 cm³/mol. The van der Waals surface area contributed by atoms with Gasteiger partial charge in [0.2, 0.25) is 0 Å². The second kappa shape index (κ2) is 6.87. The summed E-state index contributed by atoms with van der Waals surface area (Å²) in [6.07, 6.45) is 0. The average Bonchev–Trinajstić information content (AvgIpc) is 2.29. The Morgan fingerprint density at radius 1 is 1.16 bits per heavy atom. The molecule has 0 bridgehead atoms. The first-order valence-electron chi connectivity index (χ1n) is 6.33. The van der Waals surface area contributed by atoms with E-state index in [-0.39, 0.29) is 18.3 Å². The van der Waals surface area contributed by atoms with Crippen LogP contribution in [-0.4, -0.2) is 24.9 Å². The number of amides is 2. The lowest BCUT2D eigenvalue weighted by atomic mass is 10.1. The Bertz CT molecular complexity index is 413. The topological polar surface area (TPSA) is 59.6 Å². The first-order chi connectivity index (χ1) is 8.92. The van der Waals surface area contributed by atoms with Crippen molar-refractivity contribution in [2.24, 2.45) is 0 Å². The Balaban J connectivity index is 2.43. The quantitative estimate of drug-likeness (QED) is 0.805. The summed E-state index contributed by atoms with van der Waals surface area (Å²) in [5.74, 6) is 1.28. The molecule has 0 aliphatic rings. The number of hydrogen-bond acceptors (Lipinski definition) is 3. The third-order valence-corrected chi connectivity index (χ3v) is 2.10. The molecule has 0 aliphatic carbocycles. The van der Waals surface area contributed by atoms with Gasteiger partial charge >= 0.3 is 6.03 Å². The lowest BCUT2D eigenvalue weighted by Gasteiger charge is -2.21. The Hall–Kier alpha value is -1.91. The van der Waals surface area contributed by atoms with E-state index in [2.05, 4.69) is 10.6 Å². The van der Waals surface area contributed by atoms with Gasteiger partial charge in [0, 0.05) is 5.54 Å². The minimum absolute atomic E-state index is 0.0893. The number of carbonyl (C=O) groups excluding carboxylic acids is 1. The van der Waals surface area contributed by atoms with Gasteiger partial charge in [-0.1, -0.05) is 12.1 Å². The number of nitrogens with one attached hydrogen (secondary N) is 2. The molecule has 0 fully saturated rings. The summed E-state index contributed by atoms with van der Waals surface area (Å²) in [4.78, 5) is 11.5. The molecular formula is C14H22N2O3. The lowest BCUT2D eigenvalue weighted by Crippen LogP contribution is -2.47. The van der Waals surface area contributed by atoms with Crippen molar-refractivity contribution in [3.8, 4) is 11.5 Å². The highest BCUT2D eigenvalue weighted by Gasteiger charge is 2.13. The fraction of sp³-hybridized carbons (Fsp3) is 0.500. The van der Waals surface area contributed by atoms with Crippen LogP contribution < -0.4 is 20.1 Å². The smallest absolute Gasteiger partial charge is 0.317 e. The largest absolute Gasteiger partial charge is 0.490 e. The molecule has 0 unspecified atom stereocenters. The molecule has 2 amide bonds. The molecule has 5 heteroatoms. The molecule has 0 radical (unpaired) electrons. The average molecular weight is 266 g/mol. The van der Waals surface area contributed by atoms with Gasteiger partial charge in [0.05, 0.1) is 6.61 Å². The molecule has 2 N–H and O–H groups in total. The number of hydrogen-bond donors (Lipinski definition) is 2. The van der Waals surface area contributed by atoms with Gasteiger partial charge in [0.15, 0.2) is 18.2 Å². The van der Waals surface area contributed by atoms with Crippen LogP contribution in [0.2, 0.25) is 0 Å². The Morgan fingerprint density at radius 2 is 1.74 bits per heavy atom. The van der Waals surface area contributed by atoms with E-state index in [4.69, 9.17) is 9.47 Å². The first-order valence-corrected chi connectivity index (χ1v) is 6.33. The molecule has 0 saturated carbocycles. The SMILES string of the molecule is CCOc1ccccc1OCNC(=O)NC(C)(C)C. The third kappa shape index (κ3) is 5.99. The van der Waals surface area contributed by atoms with E-state index in [1.807, 2.05) is 45.9 Å². The summed E-state index contributed by atoms with van der Waals surface area (Å²) < 4.78 is 10.9. The highest BCUT2D eigenvalue weighted by Crippen LogP contribution is 2.25. The van der Waals surface area contributed by atoms with Gasteiger partial charge < -0.3 is 20.1 Å². The van der Waals surface area contributed by atoms with Crippen molar-refractivity contribution in [1.82, 2.24) is 10.6 Å². The molecule has 5 nitrogen and oxygen atoms in total. The zero-order chi connectivity index (χ0) is 14.3. The summed E-state index contributed by atoms with van der Waals surface area (Å²) in [7, 11) is 0. The monoisotopic (exact) mass is 266 g/mol. The van der Waals surface area contributed by atoms with E-state index in [0.29, 0.717) is 18.1 Å². The van der Waals surface area contributed by atoms with Gasteiger partial charge in [-0.2, -0.15) is 0 Å². The summed E-state index contributed by atoms with van der Waals surface area (Å²) in [6, 6.07) is 7.09. The molecule has 0 aliphatic heterocycles. The van der Waals surface area contributed by atoms with Gasteiger partial charge in [-0.05, 0) is 39.8 Å². The molecule has 0 spiro atoms. The van der Waals surface area contributed by atoms with Crippen LogP contribution in [0.1, 0.15) is 27.7 Å². The van der Waals surface area contributed by atoms with E-state index in [1.54, 1.807) is 6.07 Å². The highest BCUT2D eigenvalue weighted by atomic mass is 16.5. The number of benzene rings is 1. The van der Waals surface area contributed by atoms with E-state index in [9.17, 15) is 4.79 Å². The van der Waals surface area contributed by atoms with Crippen LogP contribution in [0.25, 0.3) is 0 Å². The van der Waals surface area contributed by atoms with Crippen LogP contribution in [0.15, 0.2) is 24.3 Å². The summed E-state index contributed by atoms with van der Waals surface area (Å²) in [5, 5.41) is 5.41. The van der Waals surface area contributed by atoms with Crippen LogP contribution in [0.3, 0.4) is 0 Å². The number of urea groups is 1. The van der Waals surface area contributed by atoms with Crippen LogP contribution >= 0.6 is 0 Å². The Kier molecular flexibility index (Phi) is 5.48. The molecule has 0 aromatic heterocycles. The van der Waals surface area contributed by atoms with Gasteiger partial charge in [0.25, 0.3) is 0 Å². The van der Waals surface area contributed by atoms with E-state index in [1.165, 1.54) is 0 Å². The summed E-state index contributed by atoms with van der Waals surface area (Å²) in [5.41, 5.74) is -0.271. The zero-order valence-corrected chi connectivity index (χ0v) is 11.9. The van der Waals surface area contributed by atoms with Crippen molar-refractivity contribution in [1.29, 1.82) is 0 Å². The molecule has 0 heterocycles. The Morgan fingerprint density at radius 3 is 2.26 bits per heavy atom. The molecule has 106 valence electrons. The van der Waals surface area contributed by atoms with Gasteiger partial charge in [-0.3, -0.25) is 0 Å². The van der Waals surface area contributed by atoms with E-state index in [0.717, 1.165) is 0 Å². The molecule has 0 saturated heterocycles. The predicted octanol–water partition coefficient (Wildman–Crippen LogP) is 2.52. The molecular weight excluding hydrogens is 244 g/mol. The van der Waals surface area contributed by atoms with Crippen LogP contribution in [0.4, 0.5) is 4.79 Å². The van der Waals surface area contributed by atoms with Crippen molar-refractivity contribution < 1.29 is 14.3 Å². The maximum Gasteiger partial charge on any atom is 0.317 e. The Labute approximate surface area is 114 Å². The second-order valence-electron chi connectivity index (χ2n) is 5.05. The highest BCUT2D eigenvalue weighted by molar-refractivity contribution is 5.74. The normalized spacial score (nSPS) is 10.7. The zero-order valence-electron chi connectivity index (χ0n) is 11.9. The van der Waals surface area contributed by atoms with Gasteiger partial charge in [-0.15, -0.1) is 0 Å². The standard InChI is InChI=1S/C14H22N2O3/c1-5-18-11-8-6-7-9-12(11)19-10-15-13(17)16-14(2,3)4/h6-9H,5,10H2,1-4H3,(H2,15,16,17). The van der Waals surface area contributed by atoms with Gasteiger partial charge in [0.1, 0.15) is 0 Å². The van der Waals surface area contributed by atoms with Crippen molar-refractivity contribution >= 4 is 6.03 Å². The summed E-state index contributed by atoms with van der Waals surface area (Å²) in [6.45, 7) is 8.31. The molecule has 0 atom stereocenters. The maximum atomic E-state index is 11.5. The molecule has 1 aromatic carbocycles. The van der Waals surface area contributed by atoms with Crippen molar-refractivity contribution in [3.05, 3.63) is 24.3 Å². The first kappa shape index (κ1) is 15.1. The fourth-order valence-electron chi connectivity index (χ4n) is 1.41. The van der Waals surface area contributed by atoms with Crippen molar-refractivity contribution in [2.45, 2.75) is 33.2 Å². The fourth-order valence-corrected chi connectivity index (χ4v) is 1.41. The van der Waals surface area contributed by atoms with Crippen LogP contribution in [0.5, 0.6) is 11.5 Å². The second-order valence-corrected chi connectivity index (χ2v) is 5.05. The molecule has 19 heavy (non-hydrogen) atoms. The molecule has 1 aromatic rings. The number of ether oxygens (including phenoxy) is 2. The minimum Gasteiger partial charge on any atom is -0.490 e. The van der Waals surface area contributed by atoms with Gasteiger partial charge in [-0.25, -0.2) is 4.79 Å². The number of rotatable bonds is 5.